The van der Waals surface area contributed by atoms with Gasteiger partial charge >= 0.3 is 0 Å². The molecule has 3 rings (SSSR count). The maximum absolute atomic E-state index is 10.1. The lowest BCUT2D eigenvalue weighted by atomic mass is 10.1. The zero-order valence-electron chi connectivity index (χ0n) is 10.5. The summed E-state index contributed by atoms with van der Waals surface area (Å²) in [5, 5.41) is 20.3. The van der Waals surface area contributed by atoms with Crippen molar-refractivity contribution < 1.29 is 19.7 Å². The van der Waals surface area contributed by atoms with Gasteiger partial charge in [-0.3, -0.25) is 4.57 Å². The van der Waals surface area contributed by atoms with Crippen molar-refractivity contribution in [2.24, 2.45) is 0 Å². The van der Waals surface area contributed by atoms with Gasteiger partial charge in [-0.15, -0.1) is 0 Å². The van der Waals surface area contributed by atoms with Crippen molar-refractivity contribution in [3.63, 3.8) is 0 Å². The third kappa shape index (κ3) is 2.05. The third-order valence-corrected chi connectivity index (χ3v) is 3.53. The van der Waals surface area contributed by atoms with Crippen LogP contribution in [0.2, 0.25) is 5.15 Å². The Hall–Kier alpha value is -1.32. The molecule has 3 heterocycles. The Morgan fingerprint density at radius 2 is 2.15 bits per heavy atom. The third-order valence-electron chi connectivity index (χ3n) is 3.26. The second-order valence-electron chi connectivity index (χ2n) is 4.49. The van der Waals surface area contributed by atoms with Gasteiger partial charge < -0.3 is 19.7 Å². The average molecular weight is 301 g/mol. The molecule has 0 radical (unpaired) electrons. The monoisotopic (exact) mass is 300 g/mol. The van der Waals surface area contributed by atoms with Crippen LogP contribution in [-0.4, -0.2) is 61.8 Å². The summed E-state index contributed by atoms with van der Waals surface area (Å²) in [5.41, 5.74) is 0.842. The first kappa shape index (κ1) is 13.7. The second kappa shape index (κ2) is 5.23. The molecule has 0 bridgehead atoms. The van der Waals surface area contributed by atoms with Crippen molar-refractivity contribution in [2.45, 2.75) is 24.5 Å². The Labute approximate surface area is 118 Å². The van der Waals surface area contributed by atoms with E-state index in [9.17, 15) is 10.2 Å². The first-order valence-electron chi connectivity index (χ1n) is 5.97. The number of rotatable bonds is 3. The predicted octanol–water partition coefficient (Wildman–Crippen LogP) is -0.255. The minimum Gasteiger partial charge on any atom is -0.387 e. The molecule has 0 unspecified atom stereocenters. The second-order valence-corrected chi connectivity index (χ2v) is 4.85. The Balaban J connectivity index is 1.97. The minimum absolute atomic E-state index is 0.178. The summed E-state index contributed by atoms with van der Waals surface area (Å²) in [5.74, 6) is 0. The molecule has 2 N–H and O–H groups in total. The van der Waals surface area contributed by atoms with E-state index in [4.69, 9.17) is 21.1 Å². The van der Waals surface area contributed by atoms with Crippen molar-refractivity contribution >= 4 is 22.8 Å². The molecule has 1 saturated heterocycles. The number of ether oxygens (including phenoxy) is 2. The van der Waals surface area contributed by atoms with E-state index in [0.29, 0.717) is 11.2 Å². The first-order valence-corrected chi connectivity index (χ1v) is 6.35. The van der Waals surface area contributed by atoms with E-state index in [2.05, 4.69) is 15.0 Å². The van der Waals surface area contributed by atoms with Crippen LogP contribution in [0.25, 0.3) is 11.2 Å². The average Bonchev–Trinajstić information content (AvgIpc) is 2.97. The van der Waals surface area contributed by atoms with E-state index < -0.39 is 24.5 Å². The van der Waals surface area contributed by atoms with E-state index >= 15 is 0 Å². The molecule has 8 nitrogen and oxygen atoms in total. The molecule has 1 fully saturated rings. The minimum atomic E-state index is -1.11. The lowest BCUT2D eigenvalue weighted by molar-refractivity contribution is -0.0580. The van der Waals surface area contributed by atoms with E-state index in [-0.39, 0.29) is 11.8 Å². The summed E-state index contributed by atoms with van der Waals surface area (Å²) >= 11 is 5.92. The maximum Gasteiger partial charge on any atom is 0.167 e. The van der Waals surface area contributed by atoms with Gasteiger partial charge in [0.15, 0.2) is 17.0 Å². The van der Waals surface area contributed by atoms with E-state index in [0.717, 1.165) is 0 Å². The topological polar surface area (TPSA) is 103 Å². The van der Waals surface area contributed by atoms with Gasteiger partial charge in [-0.2, -0.15) is 0 Å². The SMILES string of the molecule is COC[C@H]1O[C@@H](n2cnc3c(Cl)ncnc32)[C@H](O)[C@@H]1O. The molecule has 2 aromatic rings. The van der Waals surface area contributed by atoms with Crippen LogP contribution in [0, 0.1) is 0 Å². The normalized spacial score (nSPS) is 30.2. The Kier molecular flexibility index (Phi) is 3.57. The summed E-state index contributed by atoms with van der Waals surface area (Å²) in [4.78, 5) is 12.0. The Bertz CT molecular complexity index is 621. The number of halogens is 1. The van der Waals surface area contributed by atoms with Gasteiger partial charge in [0.25, 0.3) is 0 Å². The smallest absolute Gasteiger partial charge is 0.167 e. The molecule has 1 aliphatic heterocycles. The van der Waals surface area contributed by atoms with Crippen molar-refractivity contribution in [1.29, 1.82) is 0 Å². The molecule has 0 spiro atoms. The Morgan fingerprint density at radius 1 is 1.35 bits per heavy atom. The standard InChI is InChI=1S/C11H13ClN4O4/c1-19-2-5-7(17)8(18)11(20-5)16-4-15-6-9(12)13-3-14-10(6)16/h3-5,7-8,11,17-18H,2H2,1H3/t5-,7-,8-,11-/m1/s1. The summed E-state index contributed by atoms with van der Waals surface area (Å²) < 4.78 is 12.1. The summed E-state index contributed by atoms with van der Waals surface area (Å²) in [6, 6.07) is 0. The van der Waals surface area contributed by atoms with Crippen LogP contribution in [0.3, 0.4) is 0 Å². The highest BCUT2D eigenvalue weighted by molar-refractivity contribution is 6.33. The first-order chi connectivity index (χ1) is 9.63. The molecule has 0 aliphatic carbocycles. The molecule has 1 aliphatic rings. The number of nitrogens with zero attached hydrogens (tertiary/aromatic N) is 4. The summed E-state index contributed by atoms with van der Waals surface area (Å²) in [6.45, 7) is 0.178. The van der Waals surface area contributed by atoms with Crippen LogP contribution in [0.1, 0.15) is 6.23 Å². The van der Waals surface area contributed by atoms with Crippen LogP contribution >= 0.6 is 11.6 Å². The van der Waals surface area contributed by atoms with E-state index in [1.807, 2.05) is 0 Å². The molecule has 0 aromatic carbocycles. The number of aliphatic hydroxyl groups is 2. The quantitative estimate of drug-likeness (QED) is 0.753. The molecule has 9 heteroatoms. The molecule has 20 heavy (non-hydrogen) atoms. The highest BCUT2D eigenvalue weighted by atomic mass is 35.5. The molecule has 108 valence electrons. The summed E-state index contributed by atoms with van der Waals surface area (Å²) in [6.07, 6.45) is -0.833. The number of fused-ring (bicyclic) bond motifs is 1. The number of hydrogen-bond donors (Lipinski definition) is 2. The number of methoxy groups -OCH3 is 1. The number of aliphatic hydroxyl groups excluding tert-OH is 2. The van der Waals surface area contributed by atoms with E-state index in [1.54, 1.807) is 0 Å². The van der Waals surface area contributed by atoms with Crippen LogP contribution in [0.4, 0.5) is 0 Å². The van der Waals surface area contributed by atoms with Crippen LogP contribution in [0.15, 0.2) is 12.7 Å². The highest BCUT2D eigenvalue weighted by Gasteiger charge is 2.44. The lowest BCUT2D eigenvalue weighted by Crippen LogP contribution is -2.33. The molecule has 4 atom stereocenters. The van der Waals surface area contributed by atoms with Gasteiger partial charge in [0.05, 0.1) is 12.9 Å². The zero-order chi connectivity index (χ0) is 14.3. The van der Waals surface area contributed by atoms with E-state index in [1.165, 1.54) is 24.3 Å². The van der Waals surface area contributed by atoms with Crippen molar-refractivity contribution in [3.8, 4) is 0 Å². The fraction of sp³-hybridized carbons (Fsp3) is 0.545. The van der Waals surface area contributed by atoms with Crippen molar-refractivity contribution in [1.82, 2.24) is 19.5 Å². The largest absolute Gasteiger partial charge is 0.387 e. The number of hydrogen-bond acceptors (Lipinski definition) is 7. The number of aromatic nitrogens is 4. The van der Waals surface area contributed by atoms with Crippen LogP contribution < -0.4 is 0 Å². The van der Waals surface area contributed by atoms with Crippen LogP contribution in [0.5, 0.6) is 0 Å². The van der Waals surface area contributed by atoms with Gasteiger partial charge in [0, 0.05) is 7.11 Å². The molecular weight excluding hydrogens is 288 g/mol. The maximum atomic E-state index is 10.1. The molecule has 0 amide bonds. The Morgan fingerprint density at radius 3 is 2.90 bits per heavy atom. The van der Waals surface area contributed by atoms with Crippen molar-refractivity contribution in [2.75, 3.05) is 13.7 Å². The summed E-state index contributed by atoms with van der Waals surface area (Å²) in [7, 11) is 1.50. The molecule has 0 saturated carbocycles. The van der Waals surface area contributed by atoms with Gasteiger partial charge in [0.2, 0.25) is 0 Å². The van der Waals surface area contributed by atoms with Crippen molar-refractivity contribution in [3.05, 3.63) is 17.8 Å². The highest BCUT2D eigenvalue weighted by Crippen LogP contribution is 2.32. The molecule has 2 aromatic heterocycles. The lowest BCUT2D eigenvalue weighted by Gasteiger charge is -2.16. The zero-order valence-corrected chi connectivity index (χ0v) is 11.3. The van der Waals surface area contributed by atoms with Crippen LogP contribution in [-0.2, 0) is 9.47 Å². The molecular formula is C11H13ClN4O4. The number of imidazole rings is 1. The fourth-order valence-electron chi connectivity index (χ4n) is 2.27. The van der Waals surface area contributed by atoms with Gasteiger partial charge in [-0.25, -0.2) is 15.0 Å². The predicted molar refractivity (Wildman–Crippen MR) is 68.1 cm³/mol. The van der Waals surface area contributed by atoms with Gasteiger partial charge in [-0.1, -0.05) is 11.6 Å². The fourth-order valence-corrected chi connectivity index (χ4v) is 2.45. The van der Waals surface area contributed by atoms with Gasteiger partial charge in [-0.05, 0) is 0 Å². The van der Waals surface area contributed by atoms with Gasteiger partial charge in [0.1, 0.15) is 30.2 Å².